The van der Waals surface area contributed by atoms with Gasteiger partial charge in [0.15, 0.2) is 0 Å². The van der Waals surface area contributed by atoms with Crippen molar-refractivity contribution in [3.63, 3.8) is 0 Å². The topological polar surface area (TPSA) is 24.7 Å². The van der Waals surface area contributed by atoms with Crippen LogP contribution in [-0.2, 0) is 0 Å². The summed E-state index contributed by atoms with van der Waals surface area (Å²) in [5.41, 5.74) is 5.45. The maximum Gasteiger partial charge on any atom is 0.0671 e. The minimum atomic E-state index is 0.900. The van der Waals surface area contributed by atoms with E-state index in [0.29, 0.717) is 0 Å². The fourth-order valence-electron chi connectivity index (χ4n) is 2.31. The zero-order valence-corrected chi connectivity index (χ0v) is 13.1. The van der Waals surface area contributed by atoms with E-state index in [2.05, 4.69) is 46.6 Å². The van der Waals surface area contributed by atoms with Gasteiger partial charge < -0.3 is 0 Å². The molecule has 112 valence electrons. The van der Waals surface area contributed by atoms with Crippen LogP contribution in [0.3, 0.4) is 0 Å². The molecule has 0 heterocycles. The van der Waals surface area contributed by atoms with Crippen molar-refractivity contribution in [2.75, 3.05) is 0 Å². The Balaban J connectivity index is 1.74. The van der Waals surface area contributed by atoms with Gasteiger partial charge in [-0.1, -0.05) is 84.9 Å². The molecule has 0 unspecified atom stereocenters. The van der Waals surface area contributed by atoms with Crippen LogP contribution in [0.25, 0.3) is 11.1 Å². The molecule has 2 heteroatoms. The Kier molecular flexibility index (Phi) is 4.75. The average molecular weight is 298 g/mol. The quantitative estimate of drug-likeness (QED) is 0.467. The van der Waals surface area contributed by atoms with E-state index in [1.165, 1.54) is 11.1 Å². The Labute approximate surface area is 136 Å². The average Bonchev–Trinajstić information content (AvgIpc) is 2.63. The maximum absolute atomic E-state index is 4.28. The highest BCUT2D eigenvalue weighted by Crippen LogP contribution is 2.19. The van der Waals surface area contributed by atoms with E-state index in [4.69, 9.17) is 0 Å². The van der Waals surface area contributed by atoms with Crippen molar-refractivity contribution in [1.29, 1.82) is 0 Å². The summed E-state index contributed by atoms with van der Waals surface area (Å²) in [5.74, 6) is 0. The van der Waals surface area contributed by atoms with Gasteiger partial charge in [0.2, 0.25) is 0 Å². The van der Waals surface area contributed by atoms with Crippen LogP contribution in [0.5, 0.6) is 0 Å². The summed E-state index contributed by atoms with van der Waals surface area (Å²) < 4.78 is 0. The van der Waals surface area contributed by atoms with E-state index >= 15 is 0 Å². The van der Waals surface area contributed by atoms with Crippen LogP contribution in [0.4, 0.5) is 0 Å². The summed E-state index contributed by atoms with van der Waals surface area (Å²) in [4.78, 5) is 0. The van der Waals surface area contributed by atoms with Crippen LogP contribution < -0.4 is 0 Å². The monoisotopic (exact) mass is 298 g/mol. The minimum Gasteiger partial charge on any atom is -0.158 e. The fourth-order valence-corrected chi connectivity index (χ4v) is 2.31. The summed E-state index contributed by atoms with van der Waals surface area (Å²) >= 11 is 0. The van der Waals surface area contributed by atoms with E-state index in [9.17, 15) is 0 Å². The Bertz CT molecular complexity index is 801. The molecule has 3 aromatic rings. The molecule has 0 aliphatic heterocycles. The lowest BCUT2D eigenvalue weighted by Gasteiger charge is -2.03. The molecular weight excluding hydrogens is 280 g/mol. The first-order valence-electron chi connectivity index (χ1n) is 7.61. The summed E-state index contributed by atoms with van der Waals surface area (Å²) in [5, 5.41) is 8.44. The zero-order chi connectivity index (χ0) is 15.9. The first-order valence-corrected chi connectivity index (χ1v) is 7.61. The maximum atomic E-state index is 4.28. The van der Waals surface area contributed by atoms with E-state index in [1.54, 1.807) is 6.21 Å². The lowest BCUT2D eigenvalue weighted by atomic mass is 10.0. The second-order valence-electron chi connectivity index (χ2n) is 5.28. The first kappa shape index (κ1) is 14.9. The molecule has 0 atom stereocenters. The van der Waals surface area contributed by atoms with E-state index in [0.717, 1.165) is 16.8 Å². The van der Waals surface area contributed by atoms with Crippen molar-refractivity contribution < 1.29 is 0 Å². The third-order valence-corrected chi connectivity index (χ3v) is 3.62. The normalized spacial score (nSPS) is 11.8. The molecule has 0 spiro atoms. The largest absolute Gasteiger partial charge is 0.158 e. The highest BCUT2D eigenvalue weighted by molar-refractivity contribution is 5.99. The number of hydrogen-bond acceptors (Lipinski definition) is 2. The molecule has 0 fully saturated rings. The molecule has 3 aromatic carbocycles. The predicted molar refractivity (Wildman–Crippen MR) is 98.1 cm³/mol. The van der Waals surface area contributed by atoms with Crippen molar-refractivity contribution in [2.24, 2.45) is 10.2 Å². The number of rotatable bonds is 4. The highest BCUT2D eigenvalue weighted by atomic mass is 15.2. The number of nitrogens with zero attached hydrogens (tertiary/aromatic N) is 2. The SMILES string of the molecule is C/C(=N\N=C/c1ccccc1)c1ccc(-c2ccccc2)cc1. The Morgan fingerprint density at radius 2 is 1.26 bits per heavy atom. The molecule has 0 radical (unpaired) electrons. The number of benzene rings is 3. The fraction of sp³-hybridized carbons (Fsp3) is 0.0476. The van der Waals surface area contributed by atoms with Gasteiger partial charge in [0.25, 0.3) is 0 Å². The summed E-state index contributed by atoms with van der Waals surface area (Å²) in [6.07, 6.45) is 1.77. The molecule has 0 N–H and O–H groups in total. The summed E-state index contributed by atoms with van der Waals surface area (Å²) in [6, 6.07) is 28.7. The molecule has 23 heavy (non-hydrogen) atoms. The third kappa shape index (κ3) is 4.01. The summed E-state index contributed by atoms with van der Waals surface area (Å²) in [7, 11) is 0. The second kappa shape index (κ2) is 7.32. The van der Waals surface area contributed by atoms with Crippen molar-refractivity contribution in [1.82, 2.24) is 0 Å². The van der Waals surface area contributed by atoms with Crippen LogP contribution >= 0.6 is 0 Å². The Morgan fingerprint density at radius 1 is 0.696 bits per heavy atom. The van der Waals surface area contributed by atoms with Crippen molar-refractivity contribution in [2.45, 2.75) is 6.92 Å². The van der Waals surface area contributed by atoms with Crippen LogP contribution in [0.2, 0.25) is 0 Å². The predicted octanol–water partition coefficient (Wildman–Crippen LogP) is 5.20. The molecule has 0 amide bonds. The molecule has 0 aliphatic carbocycles. The molecule has 0 aromatic heterocycles. The van der Waals surface area contributed by atoms with Crippen molar-refractivity contribution >= 4 is 11.9 Å². The highest BCUT2D eigenvalue weighted by Gasteiger charge is 1.99. The number of hydrogen-bond donors (Lipinski definition) is 0. The van der Waals surface area contributed by atoms with E-state index in [-0.39, 0.29) is 0 Å². The van der Waals surface area contributed by atoms with Gasteiger partial charge in [-0.25, -0.2) is 0 Å². The van der Waals surface area contributed by atoms with Gasteiger partial charge in [-0.2, -0.15) is 10.2 Å². The van der Waals surface area contributed by atoms with Crippen LogP contribution in [-0.4, -0.2) is 11.9 Å². The standard InChI is InChI=1S/C21H18N2/c1-17(23-22-16-18-8-4-2-5-9-18)19-12-14-21(15-13-19)20-10-6-3-7-11-20/h2-16H,1H3/b22-16-,23-17+. The lowest BCUT2D eigenvalue weighted by molar-refractivity contribution is 1.24. The van der Waals surface area contributed by atoms with Crippen LogP contribution in [0.15, 0.2) is 95.1 Å². The molecule has 3 rings (SSSR count). The Hall–Kier alpha value is -3.00. The van der Waals surface area contributed by atoms with E-state index < -0.39 is 0 Å². The van der Waals surface area contributed by atoms with Gasteiger partial charge in [-0.3, -0.25) is 0 Å². The van der Waals surface area contributed by atoms with Crippen LogP contribution in [0, 0.1) is 0 Å². The van der Waals surface area contributed by atoms with Gasteiger partial charge in [0.1, 0.15) is 0 Å². The van der Waals surface area contributed by atoms with Gasteiger partial charge in [-0.15, -0.1) is 0 Å². The molecular formula is C21H18N2. The second-order valence-corrected chi connectivity index (χ2v) is 5.28. The van der Waals surface area contributed by atoms with Crippen molar-refractivity contribution in [3.8, 4) is 11.1 Å². The van der Waals surface area contributed by atoms with Crippen LogP contribution in [0.1, 0.15) is 18.1 Å². The smallest absolute Gasteiger partial charge is 0.0671 e. The third-order valence-electron chi connectivity index (χ3n) is 3.62. The minimum absolute atomic E-state index is 0.900. The van der Waals surface area contributed by atoms with E-state index in [1.807, 2.05) is 55.5 Å². The molecule has 0 saturated heterocycles. The van der Waals surface area contributed by atoms with Gasteiger partial charge in [0.05, 0.1) is 11.9 Å². The molecule has 0 saturated carbocycles. The van der Waals surface area contributed by atoms with Gasteiger partial charge in [-0.05, 0) is 29.2 Å². The summed E-state index contributed by atoms with van der Waals surface area (Å²) in [6.45, 7) is 1.97. The van der Waals surface area contributed by atoms with Gasteiger partial charge >= 0.3 is 0 Å². The van der Waals surface area contributed by atoms with Gasteiger partial charge in [0, 0.05) is 0 Å². The molecule has 0 bridgehead atoms. The van der Waals surface area contributed by atoms with Crippen molar-refractivity contribution in [3.05, 3.63) is 96.1 Å². The lowest BCUT2D eigenvalue weighted by Crippen LogP contribution is -1.93. The Morgan fingerprint density at radius 3 is 1.91 bits per heavy atom. The first-order chi connectivity index (χ1) is 11.3. The molecule has 0 aliphatic rings. The molecule has 2 nitrogen and oxygen atoms in total. The zero-order valence-electron chi connectivity index (χ0n) is 13.1.